The van der Waals surface area contributed by atoms with Gasteiger partial charge in [0, 0.05) is 24.7 Å². The molecule has 0 spiro atoms. The van der Waals surface area contributed by atoms with E-state index in [1.54, 1.807) is 30.3 Å². The van der Waals surface area contributed by atoms with Crippen molar-refractivity contribution in [2.75, 3.05) is 13.2 Å². The molecule has 0 saturated carbocycles. The molecule has 4 heteroatoms. The first-order valence-electron chi connectivity index (χ1n) is 6.08. The lowest BCUT2D eigenvalue weighted by molar-refractivity contribution is 0.311. The Bertz CT molecular complexity index is 531. The largest absolute Gasteiger partial charge is 0.492 e. The van der Waals surface area contributed by atoms with Crippen LogP contribution in [0.1, 0.15) is 5.56 Å². The fraction of sp³-hybridized carbons (Fsp3) is 0.200. The van der Waals surface area contributed by atoms with Crippen molar-refractivity contribution in [3.8, 4) is 5.75 Å². The molecule has 0 unspecified atom stereocenters. The van der Waals surface area contributed by atoms with Crippen LogP contribution in [-0.4, -0.2) is 13.2 Å². The molecule has 2 aromatic carbocycles. The van der Waals surface area contributed by atoms with Gasteiger partial charge >= 0.3 is 0 Å². The Morgan fingerprint density at radius 1 is 1.00 bits per heavy atom. The highest BCUT2D eigenvalue weighted by atomic mass is 19.1. The van der Waals surface area contributed by atoms with Crippen molar-refractivity contribution in [2.24, 2.45) is 0 Å². The second-order valence-electron chi connectivity index (χ2n) is 4.07. The third-order valence-electron chi connectivity index (χ3n) is 2.62. The van der Waals surface area contributed by atoms with E-state index in [1.165, 1.54) is 18.2 Å². The summed E-state index contributed by atoms with van der Waals surface area (Å²) in [5.41, 5.74) is 0.619. The molecule has 2 aromatic rings. The van der Waals surface area contributed by atoms with Crippen molar-refractivity contribution in [2.45, 2.75) is 6.54 Å². The molecule has 2 rings (SSSR count). The summed E-state index contributed by atoms with van der Waals surface area (Å²) < 4.78 is 31.5. The summed E-state index contributed by atoms with van der Waals surface area (Å²) >= 11 is 0. The quantitative estimate of drug-likeness (QED) is 0.808. The molecule has 0 bridgehead atoms. The van der Waals surface area contributed by atoms with E-state index < -0.39 is 0 Å². The van der Waals surface area contributed by atoms with Gasteiger partial charge < -0.3 is 10.1 Å². The normalized spacial score (nSPS) is 10.4. The lowest BCUT2D eigenvalue weighted by atomic mass is 10.2. The summed E-state index contributed by atoms with van der Waals surface area (Å²) in [6.45, 7) is 1.40. The van der Waals surface area contributed by atoms with Gasteiger partial charge in [-0.05, 0) is 18.2 Å². The Labute approximate surface area is 111 Å². The molecule has 0 fully saturated rings. The average molecular weight is 263 g/mol. The molecule has 19 heavy (non-hydrogen) atoms. The van der Waals surface area contributed by atoms with Crippen LogP contribution in [0.3, 0.4) is 0 Å². The zero-order valence-electron chi connectivity index (χ0n) is 10.4. The van der Waals surface area contributed by atoms with Crippen LogP contribution in [0.5, 0.6) is 5.75 Å². The molecule has 0 heterocycles. The van der Waals surface area contributed by atoms with Crippen LogP contribution in [0.4, 0.5) is 8.78 Å². The van der Waals surface area contributed by atoms with Crippen LogP contribution in [0.15, 0.2) is 48.5 Å². The van der Waals surface area contributed by atoms with Gasteiger partial charge in [0.05, 0.1) is 0 Å². The summed E-state index contributed by atoms with van der Waals surface area (Å²) in [6.07, 6.45) is 0. The van der Waals surface area contributed by atoms with E-state index in [9.17, 15) is 8.78 Å². The van der Waals surface area contributed by atoms with E-state index in [0.717, 1.165) is 0 Å². The molecule has 0 aliphatic heterocycles. The Morgan fingerprint density at radius 3 is 2.63 bits per heavy atom. The lowest BCUT2D eigenvalue weighted by Crippen LogP contribution is -2.21. The van der Waals surface area contributed by atoms with Gasteiger partial charge in [0.15, 0.2) is 0 Å². The average Bonchev–Trinajstić information content (AvgIpc) is 2.40. The number of benzene rings is 2. The second-order valence-corrected chi connectivity index (χ2v) is 4.07. The van der Waals surface area contributed by atoms with Gasteiger partial charge in [-0.1, -0.05) is 24.3 Å². The van der Waals surface area contributed by atoms with Gasteiger partial charge in [0.25, 0.3) is 0 Å². The van der Waals surface area contributed by atoms with Crippen LogP contribution in [0, 0.1) is 11.6 Å². The van der Waals surface area contributed by atoms with Crippen LogP contribution in [0.2, 0.25) is 0 Å². The number of rotatable bonds is 6. The van der Waals surface area contributed by atoms with Crippen molar-refractivity contribution in [1.29, 1.82) is 0 Å². The minimum atomic E-state index is -0.322. The first kappa shape index (κ1) is 13.5. The maximum atomic E-state index is 13.3. The Hall–Kier alpha value is -1.94. The van der Waals surface area contributed by atoms with Crippen LogP contribution >= 0.6 is 0 Å². The number of ether oxygens (including phenoxy) is 1. The van der Waals surface area contributed by atoms with Crippen LogP contribution < -0.4 is 10.1 Å². The van der Waals surface area contributed by atoms with Crippen LogP contribution in [0.25, 0.3) is 0 Å². The molecular weight excluding hydrogens is 248 g/mol. The topological polar surface area (TPSA) is 21.3 Å². The predicted molar refractivity (Wildman–Crippen MR) is 70.0 cm³/mol. The minimum absolute atomic E-state index is 0.221. The number of hydrogen-bond acceptors (Lipinski definition) is 2. The lowest BCUT2D eigenvalue weighted by Gasteiger charge is -2.08. The van der Waals surface area contributed by atoms with E-state index in [0.29, 0.717) is 31.0 Å². The fourth-order valence-electron chi connectivity index (χ4n) is 1.66. The third-order valence-corrected chi connectivity index (χ3v) is 2.62. The number of halogens is 2. The molecule has 0 aliphatic carbocycles. The molecule has 0 aromatic heterocycles. The Morgan fingerprint density at radius 2 is 1.84 bits per heavy atom. The van der Waals surface area contributed by atoms with Gasteiger partial charge in [0.1, 0.15) is 24.0 Å². The van der Waals surface area contributed by atoms with E-state index in [-0.39, 0.29) is 11.6 Å². The smallest absolute Gasteiger partial charge is 0.127 e. The van der Waals surface area contributed by atoms with E-state index >= 15 is 0 Å². The summed E-state index contributed by atoms with van der Waals surface area (Å²) in [6, 6.07) is 12.6. The minimum Gasteiger partial charge on any atom is -0.492 e. The van der Waals surface area contributed by atoms with Gasteiger partial charge in [-0.2, -0.15) is 0 Å². The van der Waals surface area contributed by atoms with Crippen molar-refractivity contribution >= 4 is 0 Å². The Balaban J connectivity index is 1.69. The van der Waals surface area contributed by atoms with Gasteiger partial charge in [-0.15, -0.1) is 0 Å². The predicted octanol–water partition coefficient (Wildman–Crippen LogP) is 3.13. The molecule has 2 nitrogen and oxygen atoms in total. The highest BCUT2D eigenvalue weighted by Crippen LogP contribution is 2.11. The van der Waals surface area contributed by atoms with Crippen molar-refractivity contribution in [1.82, 2.24) is 5.32 Å². The number of nitrogens with one attached hydrogen (secondary N) is 1. The summed E-state index contributed by atoms with van der Waals surface area (Å²) in [5.74, 6) is -0.0504. The molecule has 0 radical (unpaired) electrons. The standard InChI is InChI=1S/C15H15F2NO/c16-13-5-3-6-14(10-13)19-9-8-18-11-12-4-1-2-7-15(12)17/h1-7,10,18H,8-9,11H2. The zero-order valence-corrected chi connectivity index (χ0v) is 10.4. The second kappa shape index (κ2) is 6.85. The maximum absolute atomic E-state index is 13.3. The SMILES string of the molecule is Fc1cccc(OCCNCc2ccccc2F)c1. The van der Waals surface area contributed by atoms with E-state index in [4.69, 9.17) is 4.74 Å². The molecule has 0 atom stereocenters. The zero-order chi connectivity index (χ0) is 13.5. The van der Waals surface area contributed by atoms with Gasteiger partial charge in [-0.3, -0.25) is 0 Å². The molecule has 0 saturated heterocycles. The molecule has 0 amide bonds. The first-order chi connectivity index (χ1) is 9.25. The number of hydrogen-bond donors (Lipinski definition) is 1. The highest BCUT2D eigenvalue weighted by Gasteiger charge is 1.99. The van der Waals surface area contributed by atoms with Crippen molar-refractivity contribution in [3.05, 3.63) is 65.7 Å². The van der Waals surface area contributed by atoms with Crippen LogP contribution in [-0.2, 0) is 6.54 Å². The third kappa shape index (κ3) is 4.34. The van der Waals surface area contributed by atoms with E-state index in [1.807, 2.05) is 0 Å². The van der Waals surface area contributed by atoms with Crippen molar-refractivity contribution < 1.29 is 13.5 Å². The van der Waals surface area contributed by atoms with Crippen molar-refractivity contribution in [3.63, 3.8) is 0 Å². The molecule has 1 N–H and O–H groups in total. The highest BCUT2D eigenvalue weighted by molar-refractivity contribution is 5.22. The van der Waals surface area contributed by atoms with Gasteiger partial charge in [0.2, 0.25) is 0 Å². The Kier molecular flexibility index (Phi) is 4.86. The first-order valence-corrected chi connectivity index (χ1v) is 6.08. The molecule has 100 valence electrons. The molecular formula is C15H15F2NO. The monoisotopic (exact) mass is 263 g/mol. The maximum Gasteiger partial charge on any atom is 0.127 e. The fourth-order valence-corrected chi connectivity index (χ4v) is 1.66. The summed E-state index contributed by atoms with van der Waals surface area (Å²) in [4.78, 5) is 0. The van der Waals surface area contributed by atoms with Gasteiger partial charge in [-0.25, -0.2) is 8.78 Å². The van der Waals surface area contributed by atoms with E-state index in [2.05, 4.69) is 5.32 Å². The molecule has 0 aliphatic rings. The summed E-state index contributed by atoms with van der Waals surface area (Å²) in [5, 5.41) is 3.07. The summed E-state index contributed by atoms with van der Waals surface area (Å²) in [7, 11) is 0.